The van der Waals surface area contributed by atoms with Crippen molar-refractivity contribution in [2.45, 2.75) is 70.8 Å². The van der Waals surface area contributed by atoms with Gasteiger partial charge in [0, 0.05) is 36.6 Å². The molecule has 3 aromatic carbocycles. The van der Waals surface area contributed by atoms with Crippen LogP contribution in [0.3, 0.4) is 0 Å². The zero-order valence-electron chi connectivity index (χ0n) is 34.1. The lowest BCUT2D eigenvalue weighted by molar-refractivity contribution is -0.137. The number of methoxy groups -OCH3 is 3. The van der Waals surface area contributed by atoms with Gasteiger partial charge >= 0.3 is 12.2 Å². The van der Waals surface area contributed by atoms with Crippen molar-refractivity contribution < 1.29 is 38.1 Å². The maximum Gasteiger partial charge on any atom is 0.407 e. The predicted octanol–water partition coefficient (Wildman–Crippen LogP) is 5.99. The number of likely N-dealkylation sites (tertiary alicyclic amines) is 2. The SMILES string of the molecule is COC[C@H]1CC(c2ncc(-c3ccc4c(c3)COc3cc5c(ccc6[nH]c([C@@H]7CC[C@H](C)N7C(=O)[C@@H](NC(=O)OC)C(C)C)nc65)cc3-4)[nH]2)N(C(=O)CNC(=O)OC)C1. The lowest BCUT2D eigenvalue weighted by atomic mass is 9.92. The summed E-state index contributed by atoms with van der Waals surface area (Å²) in [7, 11) is 4.20. The zero-order chi connectivity index (χ0) is 41.5. The molecule has 310 valence electrons. The number of aromatic amines is 2. The maximum atomic E-state index is 14.0. The number of hydrogen-bond donors (Lipinski definition) is 4. The lowest BCUT2D eigenvalue weighted by Crippen LogP contribution is -2.52. The number of aromatic nitrogens is 4. The number of alkyl carbamates (subject to hydrolysis) is 2. The van der Waals surface area contributed by atoms with E-state index in [0.717, 1.165) is 68.3 Å². The summed E-state index contributed by atoms with van der Waals surface area (Å²) < 4.78 is 21.3. The first-order valence-electron chi connectivity index (χ1n) is 20.0. The van der Waals surface area contributed by atoms with Crippen LogP contribution < -0.4 is 15.4 Å². The lowest BCUT2D eigenvalue weighted by Gasteiger charge is -2.32. The minimum absolute atomic E-state index is 0.0280. The molecule has 0 aliphatic carbocycles. The number of carbonyl (C=O) groups excluding carboxylic acids is 4. The Labute approximate surface area is 341 Å². The third-order valence-corrected chi connectivity index (χ3v) is 11.9. The summed E-state index contributed by atoms with van der Waals surface area (Å²) in [6.07, 6.45) is 2.72. The molecule has 4 amide bonds. The Morgan fingerprint density at radius 3 is 2.53 bits per heavy atom. The minimum Gasteiger partial charge on any atom is -0.488 e. The van der Waals surface area contributed by atoms with Crippen LogP contribution in [0.2, 0.25) is 0 Å². The molecule has 5 heterocycles. The van der Waals surface area contributed by atoms with Crippen LogP contribution in [0.1, 0.15) is 69.3 Å². The molecule has 16 nitrogen and oxygen atoms in total. The molecule has 5 atom stereocenters. The molecule has 4 N–H and O–H groups in total. The third-order valence-electron chi connectivity index (χ3n) is 11.9. The van der Waals surface area contributed by atoms with Gasteiger partial charge in [-0.3, -0.25) is 9.59 Å². The van der Waals surface area contributed by atoms with Crippen LogP contribution in [0.5, 0.6) is 5.75 Å². The summed E-state index contributed by atoms with van der Waals surface area (Å²) in [5.74, 6) is 1.75. The van der Waals surface area contributed by atoms with Crippen molar-refractivity contribution in [1.29, 1.82) is 0 Å². The predicted molar refractivity (Wildman–Crippen MR) is 218 cm³/mol. The van der Waals surface area contributed by atoms with E-state index >= 15 is 0 Å². The van der Waals surface area contributed by atoms with Crippen molar-refractivity contribution in [3.05, 3.63) is 65.9 Å². The van der Waals surface area contributed by atoms with E-state index in [1.165, 1.54) is 14.2 Å². The molecule has 8 rings (SSSR count). The number of carbonyl (C=O) groups is 4. The highest BCUT2D eigenvalue weighted by molar-refractivity contribution is 6.07. The van der Waals surface area contributed by atoms with E-state index < -0.39 is 18.2 Å². The Hall–Kier alpha value is -6.16. The van der Waals surface area contributed by atoms with Gasteiger partial charge < -0.3 is 49.3 Å². The molecular formula is C43H50N8O8. The molecule has 16 heteroatoms. The Bertz CT molecular complexity index is 2430. The van der Waals surface area contributed by atoms with Crippen LogP contribution in [0.15, 0.2) is 48.7 Å². The van der Waals surface area contributed by atoms with Crippen LogP contribution in [-0.4, -0.2) is 107 Å². The fraction of sp³-hybridized carbons (Fsp3) is 0.442. The molecule has 2 saturated heterocycles. The highest BCUT2D eigenvalue weighted by atomic mass is 16.5. The number of fused-ring (bicyclic) bond motifs is 6. The van der Waals surface area contributed by atoms with Gasteiger partial charge in [0.05, 0.1) is 55.8 Å². The summed E-state index contributed by atoms with van der Waals surface area (Å²) in [6.45, 7) is 7.03. The highest BCUT2D eigenvalue weighted by Gasteiger charge is 2.42. The highest BCUT2D eigenvalue weighted by Crippen LogP contribution is 2.44. The second kappa shape index (κ2) is 16.2. The number of amides is 4. The first-order valence-corrected chi connectivity index (χ1v) is 20.0. The maximum absolute atomic E-state index is 14.0. The van der Waals surface area contributed by atoms with Gasteiger partial charge in [-0.1, -0.05) is 32.0 Å². The van der Waals surface area contributed by atoms with Crippen molar-refractivity contribution in [2.24, 2.45) is 11.8 Å². The average molecular weight is 807 g/mol. The van der Waals surface area contributed by atoms with Gasteiger partial charge in [-0.2, -0.15) is 0 Å². The van der Waals surface area contributed by atoms with Gasteiger partial charge in [0.25, 0.3) is 0 Å². The van der Waals surface area contributed by atoms with E-state index in [-0.39, 0.29) is 48.3 Å². The molecule has 59 heavy (non-hydrogen) atoms. The second-order valence-corrected chi connectivity index (χ2v) is 16.0. The Morgan fingerprint density at radius 2 is 1.76 bits per heavy atom. The van der Waals surface area contributed by atoms with Crippen molar-refractivity contribution in [2.75, 3.05) is 41.0 Å². The second-order valence-electron chi connectivity index (χ2n) is 16.0. The van der Waals surface area contributed by atoms with E-state index in [4.69, 9.17) is 24.2 Å². The summed E-state index contributed by atoms with van der Waals surface area (Å²) in [4.78, 5) is 71.3. The molecule has 3 aliphatic rings. The number of nitrogens with one attached hydrogen (secondary N) is 4. The first kappa shape index (κ1) is 39.7. The molecule has 0 spiro atoms. The Balaban J connectivity index is 1.04. The molecule has 0 bridgehead atoms. The summed E-state index contributed by atoms with van der Waals surface area (Å²) in [5, 5.41) is 7.17. The molecule has 1 unspecified atom stereocenters. The molecule has 2 aromatic heterocycles. The normalized spacial score (nSPS) is 20.3. The zero-order valence-corrected chi connectivity index (χ0v) is 34.1. The van der Waals surface area contributed by atoms with Crippen LogP contribution in [0.25, 0.3) is 44.2 Å². The molecule has 2 fully saturated rings. The number of hydrogen-bond acceptors (Lipinski definition) is 10. The fourth-order valence-corrected chi connectivity index (χ4v) is 8.90. The minimum atomic E-state index is -0.728. The van der Waals surface area contributed by atoms with Crippen molar-refractivity contribution in [3.63, 3.8) is 0 Å². The standard InChI is InChI=1S/C43H50N8O8/c1-22(2)37(49-43(55)58-6)41(53)51-23(3)7-12-33(51)40-46-31-11-9-25-15-30-28-10-8-26(14-27(28)21-59-35(30)16-29(25)38(31)48-40)32-17-44-39(47-32)34-13-24(20-56-4)19-50(34)36(52)18-45-42(54)57-5/h8-11,14-17,22-24,33-34,37H,7,12-13,18-21H2,1-6H3,(H,44,47)(H,45,54)(H,46,48)(H,49,55)/t23-,24-,33-,34?,37-/m0/s1. The van der Waals surface area contributed by atoms with E-state index in [1.807, 2.05) is 31.7 Å². The Morgan fingerprint density at radius 1 is 0.949 bits per heavy atom. The van der Waals surface area contributed by atoms with Crippen molar-refractivity contribution in [1.82, 2.24) is 40.4 Å². The molecule has 0 saturated carbocycles. The van der Waals surface area contributed by atoms with Crippen LogP contribution >= 0.6 is 0 Å². The fourth-order valence-electron chi connectivity index (χ4n) is 8.90. The first-order chi connectivity index (χ1) is 28.5. The van der Waals surface area contributed by atoms with Crippen molar-refractivity contribution >= 4 is 45.8 Å². The summed E-state index contributed by atoms with van der Waals surface area (Å²) >= 11 is 0. The molecule has 3 aliphatic heterocycles. The number of rotatable bonds is 10. The van der Waals surface area contributed by atoms with Gasteiger partial charge in [0.2, 0.25) is 11.8 Å². The number of nitrogens with zero attached hydrogens (tertiary/aromatic N) is 4. The average Bonchev–Trinajstić information content (AvgIpc) is 4.06. The molecular weight excluding hydrogens is 757 g/mol. The largest absolute Gasteiger partial charge is 0.488 e. The van der Waals surface area contributed by atoms with E-state index in [0.29, 0.717) is 37.8 Å². The smallest absolute Gasteiger partial charge is 0.407 e. The monoisotopic (exact) mass is 806 g/mol. The topological polar surface area (TPSA) is 193 Å². The van der Waals surface area contributed by atoms with E-state index in [1.54, 1.807) is 18.2 Å². The van der Waals surface area contributed by atoms with Gasteiger partial charge in [0.15, 0.2) is 0 Å². The van der Waals surface area contributed by atoms with E-state index in [9.17, 15) is 19.2 Å². The van der Waals surface area contributed by atoms with Crippen LogP contribution in [0.4, 0.5) is 9.59 Å². The van der Waals surface area contributed by atoms with Gasteiger partial charge in [-0.05, 0) is 78.4 Å². The Kier molecular flexibility index (Phi) is 10.9. The van der Waals surface area contributed by atoms with Gasteiger partial charge in [-0.15, -0.1) is 0 Å². The van der Waals surface area contributed by atoms with Gasteiger partial charge in [-0.25, -0.2) is 19.6 Å². The van der Waals surface area contributed by atoms with E-state index in [2.05, 4.69) is 61.7 Å². The molecule has 0 radical (unpaired) electrons. The number of benzene rings is 3. The van der Waals surface area contributed by atoms with Gasteiger partial charge in [0.1, 0.15) is 36.6 Å². The van der Waals surface area contributed by atoms with Crippen LogP contribution in [-0.2, 0) is 30.4 Å². The molecule has 5 aromatic rings. The number of H-pyrrole nitrogens is 2. The van der Waals surface area contributed by atoms with Crippen molar-refractivity contribution in [3.8, 4) is 28.1 Å². The number of ether oxygens (including phenoxy) is 4. The quantitative estimate of drug-likeness (QED) is 0.130. The summed E-state index contributed by atoms with van der Waals surface area (Å²) in [6, 6.07) is 13.2. The van der Waals surface area contributed by atoms with Crippen LogP contribution in [0, 0.1) is 11.8 Å². The summed E-state index contributed by atoms with van der Waals surface area (Å²) in [5.41, 5.74) is 6.50. The number of imidazole rings is 2. The third kappa shape index (κ3) is 7.52.